The van der Waals surface area contributed by atoms with Crippen LogP contribution in [0, 0.1) is 0 Å². The van der Waals surface area contributed by atoms with E-state index in [1.54, 1.807) is 24.3 Å². The van der Waals surface area contributed by atoms with E-state index in [0.29, 0.717) is 0 Å². The molecule has 1 amide bonds. The molecule has 1 aromatic carbocycles. The second kappa shape index (κ2) is 7.52. The number of carbonyl (C=O) groups is 1. The minimum Gasteiger partial charge on any atom is -0.445 e. The first-order valence-corrected chi connectivity index (χ1v) is 6.80. The summed E-state index contributed by atoms with van der Waals surface area (Å²) in [6.07, 6.45) is -6.49. The predicted octanol–water partition coefficient (Wildman–Crippen LogP) is -1.29. The highest BCUT2D eigenvalue weighted by Crippen LogP contribution is 2.19. The molecule has 0 unspecified atom stereocenters. The van der Waals surface area contributed by atoms with Gasteiger partial charge in [-0.3, -0.25) is 0 Å². The van der Waals surface area contributed by atoms with Gasteiger partial charge in [0.1, 0.15) is 31.0 Å². The monoisotopic (exact) mass is 313 g/mol. The molecular weight excluding hydrogens is 294 g/mol. The fourth-order valence-electron chi connectivity index (χ4n) is 2.15. The first-order valence-electron chi connectivity index (χ1n) is 6.80. The van der Waals surface area contributed by atoms with Crippen molar-refractivity contribution in [3.8, 4) is 0 Å². The summed E-state index contributed by atoms with van der Waals surface area (Å²) >= 11 is 0. The summed E-state index contributed by atoms with van der Waals surface area (Å²) in [5.41, 5.74) is 0.777. The Kier molecular flexibility index (Phi) is 5.69. The van der Waals surface area contributed by atoms with Gasteiger partial charge in [-0.05, 0) is 5.56 Å². The van der Waals surface area contributed by atoms with Gasteiger partial charge in [0.15, 0.2) is 6.29 Å². The number of hydrogen-bond acceptors (Lipinski definition) is 7. The van der Waals surface area contributed by atoms with E-state index in [2.05, 4.69) is 5.32 Å². The number of nitrogens with one attached hydrogen (secondary N) is 1. The second-order valence-electron chi connectivity index (χ2n) is 4.96. The summed E-state index contributed by atoms with van der Waals surface area (Å²) in [4.78, 5) is 11.7. The Morgan fingerprint density at radius 1 is 1.18 bits per heavy atom. The Morgan fingerprint density at radius 2 is 1.86 bits per heavy atom. The molecule has 0 aliphatic carbocycles. The third-order valence-corrected chi connectivity index (χ3v) is 3.40. The van der Waals surface area contributed by atoms with Crippen LogP contribution in [0.25, 0.3) is 0 Å². The van der Waals surface area contributed by atoms with Crippen molar-refractivity contribution in [3.63, 3.8) is 0 Å². The molecule has 122 valence electrons. The second-order valence-corrected chi connectivity index (χ2v) is 4.96. The Hall–Kier alpha value is -1.71. The van der Waals surface area contributed by atoms with Crippen molar-refractivity contribution >= 4 is 6.09 Å². The van der Waals surface area contributed by atoms with Crippen LogP contribution in [0.2, 0.25) is 0 Å². The quantitative estimate of drug-likeness (QED) is 0.468. The standard InChI is InChI=1S/C14H19NO7/c16-6-9-11(17)12(18)10(13(19)22-9)15-14(20)21-7-8-4-2-1-3-5-8/h1-5,9-13,16-19H,6-7H2,(H,15,20)/t9-,10-,11+,12-,13+/m1/s1. The van der Waals surface area contributed by atoms with Crippen molar-refractivity contribution in [1.82, 2.24) is 5.32 Å². The van der Waals surface area contributed by atoms with E-state index in [1.807, 2.05) is 6.07 Å². The summed E-state index contributed by atoms with van der Waals surface area (Å²) < 4.78 is 9.88. The number of benzene rings is 1. The number of ether oxygens (including phenoxy) is 2. The van der Waals surface area contributed by atoms with Crippen molar-refractivity contribution in [2.45, 2.75) is 37.3 Å². The van der Waals surface area contributed by atoms with Gasteiger partial charge in [-0.15, -0.1) is 0 Å². The van der Waals surface area contributed by atoms with Crippen molar-refractivity contribution in [1.29, 1.82) is 0 Å². The molecule has 8 heteroatoms. The largest absolute Gasteiger partial charge is 0.445 e. The van der Waals surface area contributed by atoms with Crippen LogP contribution in [0.15, 0.2) is 30.3 Å². The van der Waals surface area contributed by atoms with Gasteiger partial charge in [-0.2, -0.15) is 0 Å². The topological polar surface area (TPSA) is 128 Å². The predicted molar refractivity (Wildman–Crippen MR) is 73.5 cm³/mol. The lowest BCUT2D eigenvalue weighted by Gasteiger charge is -2.39. The van der Waals surface area contributed by atoms with E-state index >= 15 is 0 Å². The van der Waals surface area contributed by atoms with Gasteiger partial charge in [-0.25, -0.2) is 4.79 Å². The highest BCUT2D eigenvalue weighted by molar-refractivity contribution is 5.67. The number of carbonyl (C=O) groups excluding carboxylic acids is 1. The van der Waals surface area contributed by atoms with E-state index in [4.69, 9.17) is 14.6 Å². The SMILES string of the molecule is O=C(N[C@@H]1[C@@H](O)[C@@H](O)[C@@H](CO)O[C@@H]1O)OCc1ccccc1. The zero-order valence-electron chi connectivity index (χ0n) is 11.7. The Bertz CT molecular complexity index is 483. The number of amides is 1. The van der Waals surface area contributed by atoms with Crippen LogP contribution in [0.3, 0.4) is 0 Å². The third-order valence-electron chi connectivity index (χ3n) is 3.40. The fourth-order valence-corrected chi connectivity index (χ4v) is 2.15. The van der Waals surface area contributed by atoms with Gasteiger partial charge in [0.05, 0.1) is 6.61 Å². The normalized spacial score (nSPS) is 31.5. The molecule has 0 aromatic heterocycles. The molecule has 22 heavy (non-hydrogen) atoms. The van der Waals surface area contributed by atoms with Crippen LogP contribution in [0.5, 0.6) is 0 Å². The average Bonchev–Trinajstić information content (AvgIpc) is 2.54. The molecule has 1 heterocycles. The summed E-state index contributed by atoms with van der Waals surface area (Å²) in [5.74, 6) is 0. The number of alkyl carbamates (subject to hydrolysis) is 1. The van der Waals surface area contributed by atoms with Crippen molar-refractivity contribution in [2.24, 2.45) is 0 Å². The molecule has 1 fully saturated rings. The molecule has 1 aromatic rings. The molecule has 8 nitrogen and oxygen atoms in total. The summed E-state index contributed by atoms with van der Waals surface area (Å²) in [7, 11) is 0. The summed E-state index contributed by atoms with van der Waals surface area (Å²) in [6, 6.07) is 7.71. The lowest BCUT2D eigenvalue weighted by atomic mass is 9.97. The highest BCUT2D eigenvalue weighted by Gasteiger charge is 2.44. The van der Waals surface area contributed by atoms with E-state index in [-0.39, 0.29) is 6.61 Å². The van der Waals surface area contributed by atoms with Gasteiger partial charge in [-0.1, -0.05) is 30.3 Å². The van der Waals surface area contributed by atoms with E-state index in [1.165, 1.54) is 0 Å². The number of hydrogen-bond donors (Lipinski definition) is 5. The average molecular weight is 313 g/mol. The van der Waals surface area contributed by atoms with Crippen LogP contribution in [0.1, 0.15) is 5.56 Å². The van der Waals surface area contributed by atoms with Gasteiger partial charge in [0.25, 0.3) is 0 Å². The molecule has 0 radical (unpaired) electrons. The van der Waals surface area contributed by atoms with Gasteiger partial charge in [0.2, 0.25) is 0 Å². The van der Waals surface area contributed by atoms with Crippen LogP contribution in [-0.2, 0) is 16.1 Å². The summed E-state index contributed by atoms with van der Waals surface area (Å²) in [6.45, 7) is -0.547. The molecule has 1 aliphatic rings. The number of rotatable bonds is 4. The Morgan fingerprint density at radius 3 is 2.50 bits per heavy atom. The van der Waals surface area contributed by atoms with Crippen molar-refractivity contribution in [3.05, 3.63) is 35.9 Å². The van der Waals surface area contributed by atoms with Crippen LogP contribution in [0.4, 0.5) is 4.79 Å². The maximum Gasteiger partial charge on any atom is 0.407 e. The van der Waals surface area contributed by atoms with Crippen molar-refractivity contribution in [2.75, 3.05) is 6.61 Å². The van der Waals surface area contributed by atoms with Gasteiger partial charge < -0.3 is 35.2 Å². The molecular formula is C14H19NO7. The van der Waals surface area contributed by atoms with Gasteiger partial charge in [0, 0.05) is 0 Å². The minimum atomic E-state index is -1.57. The van der Waals surface area contributed by atoms with E-state index < -0.39 is 43.3 Å². The first kappa shape index (κ1) is 16.7. The van der Waals surface area contributed by atoms with E-state index in [9.17, 15) is 20.1 Å². The van der Waals surface area contributed by atoms with Gasteiger partial charge >= 0.3 is 6.09 Å². The van der Waals surface area contributed by atoms with E-state index in [0.717, 1.165) is 5.56 Å². The zero-order valence-corrected chi connectivity index (χ0v) is 11.7. The molecule has 5 atom stereocenters. The van der Waals surface area contributed by atoms with Crippen molar-refractivity contribution < 1.29 is 34.7 Å². The molecule has 1 saturated heterocycles. The Labute approximate surface area is 126 Å². The van der Waals surface area contributed by atoms with Crippen LogP contribution < -0.4 is 5.32 Å². The third kappa shape index (κ3) is 3.93. The molecule has 2 rings (SSSR count). The highest BCUT2D eigenvalue weighted by atomic mass is 16.6. The van der Waals surface area contributed by atoms with Crippen LogP contribution >= 0.6 is 0 Å². The maximum absolute atomic E-state index is 11.7. The maximum atomic E-state index is 11.7. The minimum absolute atomic E-state index is 0.0221. The fraction of sp³-hybridized carbons (Fsp3) is 0.500. The smallest absolute Gasteiger partial charge is 0.407 e. The van der Waals surface area contributed by atoms with Crippen LogP contribution in [-0.4, -0.2) is 63.8 Å². The number of aliphatic hydroxyl groups excluding tert-OH is 4. The number of aliphatic hydroxyl groups is 4. The first-order chi connectivity index (χ1) is 10.5. The Balaban J connectivity index is 1.87. The lowest BCUT2D eigenvalue weighted by Crippen LogP contribution is -2.64. The lowest BCUT2D eigenvalue weighted by molar-refractivity contribution is -0.253. The molecule has 5 N–H and O–H groups in total. The molecule has 0 bridgehead atoms. The molecule has 0 saturated carbocycles. The molecule has 1 aliphatic heterocycles. The zero-order chi connectivity index (χ0) is 16.1. The molecule has 0 spiro atoms. The summed E-state index contributed by atoms with van der Waals surface area (Å²) in [5, 5.41) is 40.5.